The third-order valence-corrected chi connectivity index (χ3v) is 5.31. The highest BCUT2D eigenvalue weighted by Crippen LogP contribution is 2.18. The van der Waals surface area contributed by atoms with E-state index in [0.717, 1.165) is 11.1 Å². The minimum atomic E-state index is -0.943. The molecule has 0 saturated carbocycles. The van der Waals surface area contributed by atoms with Crippen molar-refractivity contribution < 1.29 is 9.59 Å². The molecule has 2 amide bonds. The van der Waals surface area contributed by atoms with E-state index in [2.05, 4.69) is 20.6 Å². The summed E-state index contributed by atoms with van der Waals surface area (Å²) in [6, 6.07) is 25.9. The zero-order chi connectivity index (χ0) is 23.0. The van der Waals surface area contributed by atoms with E-state index in [9.17, 15) is 14.4 Å². The molecular formula is C26H24N4O3. The Hall–Kier alpha value is -4.26. The van der Waals surface area contributed by atoms with Gasteiger partial charge in [0.25, 0.3) is 5.56 Å². The molecular weight excluding hydrogens is 416 g/mol. The predicted octanol–water partition coefficient (Wildman–Crippen LogP) is 3.03. The van der Waals surface area contributed by atoms with Gasteiger partial charge in [-0.1, -0.05) is 72.8 Å². The van der Waals surface area contributed by atoms with Crippen LogP contribution in [-0.4, -0.2) is 21.8 Å². The maximum absolute atomic E-state index is 13.1. The lowest BCUT2D eigenvalue weighted by Crippen LogP contribution is -2.35. The molecule has 0 spiro atoms. The number of rotatable bonds is 8. The van der Waals surface area contributed by atoms with Gasteiger partial charge in [-0.25, -0.2) is 4.98 Å². The predicted molar refractivity (Wildman–Crippen MR) is 126 cm³/mol. The van der Waals surface area contributed by atoms with Crippen molar-refractivity contribution in [3.63, 3.8) is 0 Å². The van der Waals surface area contributed by atoms with Crippen molar-refractivity contribution in [2.24, 2.45) is 0 Å². The Morgan fingerprint density at radius 2 is 1.36 bits per heavy atom. The highest BCUT2D eigenvalue weighted by molar-refractivity contribution is 5.89. The number of benzene rings is 3. The smallest absolute Gasteiger partial charge is 0.258 e. The van der Waals surface area contributed by atoms with Crippen LogP contribution in [-0.2, 0) is 22.7 Å². The number of aromatic amines is 1. The number of hydrogen-bond acceptors (Lipinski definition) is 4. The normalized spacial score (nSPS) is 11.6. The number of H-pyrrole nitrogens is 1. The van der Waals surface area contributed by atoms with Crippen LogP contribution in [0.15, 0.2) is 89.7 Å². The zero-order valence-electron chi connectivity index (χ0n) is 18.0. The molecule has 7 nitrogen and oxygen atoms in total. The molecule has 0 fully saturated rings. The Morgan fingerprint density at radius 3 is 2.03 bits per heavy atom. The van der Waals surface area contributed by atoms with Gasteiger partial charge in [0.1, 0.15) is 11.7 Å². The third-order valence-electron chi connectivity index (χ3n) is 5.31. The Morgan fingerprint density at radius 1 is 0.788 bits per heavy atom. The molecule has 0 saturated heterocycles. The topological polar surface area (TPSA) is 104 Å². The average molecular weight is 441 g/mol. The van der Waals surface area contributed by atoms with Gasteiger partial charge in [0.2, 0.25) is 11.8 Å². The molecule has 0 aliphatic heterocycles. The molecule has 4 aromatic rings. The fourth-order valence-corrected chi connectivity index (χ4v) is 3.55. The van der Waals surface area contributed by atoms with E-state index in [1.165, 1.54) is 0 Å². The number of carbonyl (C=O) groups is 2. The van der Waals surface area contributed by atoms with Gasteiger partial charge in [-0.3, -0.25) is 14.4 Å². The van der Waals surface area contributed by atoms with Gasteiger partial charge >= 0.3 is 0 Å². The van der Waals surface area contributed by atoms with Gasteiger partial charge in [-0.2, -0.15) is 0 Å². The van der Waals surface area contributed by atoms with Crippen LogP contribution in [0.25, 0.3) is 10.9 Å². The summed E-state index contributed by atoms with van der Waals surface area (Å²) in [7, 11) is 0. The summed E-state index contributed by atoms with van der Waals surface area (Å²) in [6.07, 6.45) is -0.144. The number of para-hydroxylation sites is 1. The Labute approximate surface area is 190 Å². The van der Waals surface area contributed by atoms with Crippen LogP contribution in [0, 0.1) is 0 Å². The van der Waals surface area contributed by atoms with Crippen molar-refractivity contribution in [1.82, 2.24) is 20.6 Å². The van der Waals surface area contributed by atoms with E-state index in [4.69, 9.17) is 0 Å². The van der Waals surface area contributed by atoms with E-state index in [1.807, 2.05) is 60.7 Å². The van der Waals surface area contributed by atoms with E-state index >= 15 is 0 Å². The highest BCUT2D eigenvalue weighted by Gasteiger charge is 2.26. The first-order valence-corrected chi connectivity index (χ1v) is 10.7. The molecule has 1 atom stereocenters. The molecule has 3 aromatic carbocycles. The molecule has 0 unspecified atom stereocenters. The largest absolute Gasteiger partial charge is 0.352 e. The van der Waals surface area contributed by atoms with E-state index in [0.29, 0.717) is 24.0 Å². The van der Waals surface area contributed by atoms with Gasteiger partial charge in [-0.05, 0) is 23.3 Å². The van der Waals surface area contributed by atoms with Gasteiger partial charge in [0.05, 0.1) is 10.9 Å². The summed E-state index contributed by atoms with van der Waals surface area (Å²) in [6.45, 7) is 0.652. The number of fused-ring (bicyclic) bond motifs is 1. The van der Waals surface area contributed by atoms with E-state index in [-0.39, 0.29) is 29.6 Å². The van der Waals surface area contributed by atoms with Gasteiger partial charge in [0.15, 0.2) is 0 Å². The van der Waals surface area contributed by atoms with E-state index < -0.39 is 5.92 Å². The number of aromatic nitrogens is 2. The second kappa shape index (κ2) is 10.4. The quantitative estimate of drug-likeness (QED) is 0.392. The lowest BCUT2D eigenvalue weighted by molar-refractivity contribution is -0.128. The molecule has 1 heterocycles. The zero-order valence-corrected chi connectivity index (χ0v) is 18.0. The summed E-state index contributed by atoms with van der Waals surface area (Å²) in [4.78, 5) is 45.6. The molecule has 0 aliphatic carbocycles. The molecule has 3 N–H and O–H groups in total. The van der Waals surface area contributed by atoms with Crippen LogP contribution < -0.4 is 16.2 Å². The molecule has 1 aromatic heterocycles. The number of nitrogens with one attached hydrogen (secondary N) is 3. The second-order valence-electron chi connectivity index (χ2n) is 7.69. The number of amides is 2. The molecule has 0 bridgehead atoms. The maximum atomic E-state index is 13.1. The van der Waals surface area contributed by atoms with Crippen LogP contribution in [0.1, 0.15) is 29.3 Å². The Bertz CT molecular complexity index is 1300. The van der Waals surface area contributed by atoms with Crippen molar-refractivity contribution in [1.29, 1.82) is 0 Å². The summed E-state index contributed by atoms with van der Waals surface area (Å²) in [5.41, 5.74) is 2.01. The van der Waals surface area contributed by atoms with Gasteiger partial charge < -0.3 is 15.6 Å². The first kappa shape index (κ1) is 22.0. The Kier molecular flexibility index (Phi) is 6.90. The summed E-state index contributed by atoms with van der Waals surface area (Å²) in [5, 5.41) is 6.13. The number of hydrogen-bond donors (Lipinski definition) is 3. The summed E-state index contributed by atoms with van der Waals surface area (Å²) >= 11 is 0. The lowest BCUT2D eigenvalue weighted by atomic mass is 10.0. The van der Waals surface area contributed by atoms with Crippen molar-refractivity contribution in [2.45, 2.75) is 25.4 Å². The fourth-order valence-electron chi connectivity index (χ4n) is 3.55. The summed E-state index contributed by atoms with van der Waals surface area (Å²) < 4.78 is 0. The standard InChI is InChI=1S/C26H24N4O3/c31-23(27-16-18-9-3-1-4-10-18)15-21(25(32)28-17-19-11-5-2-6-12-19)24-29-22-14-8-7-13-20(22)26(33)30-24/h1-14,21H,15-17H2,(H,27,31)(H,28,32)(H,29,30,33)/t21-/m0/s1. The molecule has 166 valence electrons. The Balaban J connectivity index is 1.55. The fraction of sp³-hybridized carbons (Fsp3) is 0.154. The van der Waals surface area contributed by atoms with Crippen LogP contribution in [0.2, 0.25) is 0 Å². The molecule has 4 rings (SSSR count). The minimum absolute atomic E-state index is 0.144. The molecule has 0 radical (unpaired) electrons. The SMILES string of the molecule is O=C(C[C@H](C(=O)NCc1ccccc1)c1nc2ccccc2c(=O)[nH]1)NCc1ccccc1. The van der Waals surface area contributed by atoms with E-state index in [1.54, 1.807) is 24.3 Å². The first-order valence-electron chi connectivity index (χ1n) is 10.7. The van der Waals surface area contributed by atoms with Crippen LogP contribution in [0.4, 0.5) is 0 Å². The minimum Gasteiger partial charge on any atom is -0.352 e. The van der Waals surface area contributed by atoms with Crippen molar-refractivity contribution >= 4 is 22.7 Å². The van der Waals surface area contributed by atoms with Crippen LogP contribution >= 0.6 is 0 Å². The summed E-state index contributed by atoms with van der Waals surface area (Å²) in [5.74, 6) is -1.47. The molecule has 7 heteroatoms. The monoisotopic (exact) mass is 440 g/mol. The van der Waals surface area contributed by atoms with Crippen molar-refractivity contribution in [3.8, 4) is 0 Å². The first-order chi connectivity index (χ1) is 16.1. The van der Waals surface area contributed by atoms with Crippen LogP contribution in [0.5, 0.6) is 0 Å². The lowest BCUT2D eigenvalue weighted by Gasteiger charge is -2.17. The average Bonchev–Trinajstić information content (AvgIpc) is 2.86. The van der Waals surface area contributed by atoms with Gasteiger partial charge in [-0.15, -0.1) is 0 Å². The number of carbonyl (C=O) groups excluding carboxylic acids is 2. The van der Waals surface area contributed by atoms with Crippen molar-refractivity contribution in [3.05, 3.63) is 112 Å². The van der Waals surface area contributed by atoms with Crippen molar-refractivity contribution in [2.75, 3.05) is 0 Å². The second-order valence-corrected chi connectivity index (χ2v) is 7.69. The van der Waals surface area contributed by atoms with Crippen LogP contribution in [0.3, 0.4) is 0 Å². The third kappa shape index (κ3) is 5.71. The maximum Gasteiger partial charge on any atom is 0.258 e. The van der Waals surface area contributed by atoms with Gasteiger partial charge in [0, 0.05) is 19.5 Å². The molecule has 33 heavy (non-hydrogen) atoms. The number of nitrogens with zero attached hydrogens (tertiary/aromatic N) is 1. The highest BCUT2D eigenvalue weighted by atomic mass is 16.2. The molecule has 0 aliphatic rings.